The lowest BCUT2D eigenvalue weighted by atomic mass is 10.2. The third kappa shape index (κ3) is 3.51. The van der Waals surface area contributed by atoms with Gasteiger partial charge in [-0.2, -0.15) is 0 Å². The molecule has 0 radical (unpaired) electrons. The Morgan fingerprint density at radius 1 is 1.22 bits per heavy atom. The first kappa shape index (κ1) is 15.5. The molecule has 2 aromatic carbocycles. The van der Waals surface area contributed by atoms with Crippen LogP contribution in [0, 0.1) is 0 Å². The Bertz CT molecular complexity index is 825. The van der Waals surface area contributed by atoms with Crippen molar-refractivity contribution in [2.45, 2.75) is 19.8 Å². The summed E-state index contributed by atoms with van der Waals surface area (Å²) in [4.78, 5) is 16.9. The maximum absolute atomic E-state index is 12.3. The van der Waals surface area contributed by atoms with Gasteiger partial charge >= 0.3 is 0 Å². The van der Waals surface area contributed by atoms with Crippen LogP contribution in [0.15, 0.2) is 42.5 Å². The summed E-state index contributed by atoms with van der Waals surface area (Å²) in [5, 5.41) is 4.07. The van der Waals surface area contributed by atoms with Crippen LogP contribution in [0.1, 0.15) is 28.7 Å². The molecule has 1 heterocycles. The Hall–Kier alpha value is -2.40. The van der Waals surface area contributed by atoms with Crippen molar-refractivity contribution in [3.8, 4) is 5.75 Å². The molecule has 1 aromatic heterocycles. The van der Waals surface area contributed by atoms with Crippen LogP contribution in [-0.2, 0) is 6.42 Å². The van der Waals surface area contributed by atoms with Crippen LogP contribution in [0.25, 0.3) is 10.2 Å². The predicted octanol–water partition coefficient (Wildman–Crippen LogP) is 4.51. The van der Waals surface area contributed by atoms with Gasteiger partial charge in [0.15, 0.2) is 0 Å². The zero-order valence-electron chi connectivity index (χ0n) is 13.1. The number of nitrogens with zero attached hydrogens (tertiary/aromatic N) is 1. The Morgan fingerprint density at radius 2 is 2.00 bits per heavy atom. The highest BCUT2D eigenvalue weighted by molar-refractivity contribution is 7.18. The lowest BCUT2D eigenvalue weighted by Gasteiger charge is -2.06. The number of hydrogen-bond donors (Lipinski definition) is 1. The molecule has 0 saturated carbocycles. The average Bonchev–Trinajstić information content (AvgIpc) is 2.97. The second kappa shape index (κ2) is 6.79. The lowest BCUT2D eigenvalue weighted by molar-refractivity contribution is 0.102. The Kier molecular flexibility index (Phi) is 4.57. The summed E-state index contributed by atoms with van der Waals surface area (Å²) in [6.07, 6.45) is 2.08. The van der Waals surface area contributed by atoms with Crippen molar-refractivity contribution in [3.63, 3.8) is 0 Å². The van der Waals surface area contributed by atoms with Crippen LogP contribution >= 0.6 is 11.3 Å². The van der Waals surface area contributed by atoms with Crippen molar-refractivity contribution >= 4 is 33.1 Å². The van der Waals surface area contributed by atoms with Crippen molar-refractivity contribution in [3.05, 3.63) is 53.0 Å². The number of fused-ring (bicyclic) bond motifs is 1. The zero-order chi connectivity index (χ0) is 16.2. The van der Waals surface area contributed by atoms with Gasteiger partial charge in [-0.15, -0.1) is 11.3 Å². The van der Waals surface area contributed by atoms with Gasteiger partial charge in [0.25, 0.3) is 5.91 Å². The Labute approximate surface area is 139 Å². The molecule has 0 unspecified atom stereocenters. The van der Waals surface area contributed by atoms with E-state index in [2.05, 4.69) is 17.2 Å². The van der Waals surface area contributed by atoms with E-state index in [1.165, 1.54) is 0 Å². The smallest absolute Gasteiger partial charge is 0.255 e. The molecule has 0 atom stereocenters. The number of carbonyl (C=O) groups is 1. The minimum Gasteiger partial charge on any atom is -0.497 e. The number of anilines is 1. The van der Waals surface area contributed by atoms with Crippen molar-refractivity contribution in [1.29, 1.82) is 0 Å². The monoisotopic (exact) mass is 326 g/mol. The molecule has 1 amide bonds. The van der Waals surface area contributed by atoms with E-state index in [-0.39, 0.29) is 5.91 Å². The van der Waals surface area contributed by atoms with Gasteiger partial charge in [0.2, 0.25) is 0 Å². The van der Waals surface area contributed by atoms with E-state index >= 15 is 0 Å². The second-order valence-electron chi connectivity index (χ2n) is 5.22. The molecular formula is C18H18N2O2S. The topological polar surface area (TPSA) is 51.2 Å². The number of benzene rings is 2. The first-order valence-electron chi connectivity index (χ1n) is 7.54. The highest BCUT2D eigenvalue weighted by Crippen LogP contribution is 2.26. The quantitative estimate of drug-likeness (QED) is 0.750. The standard InChI is InChI=1S/C18H18N2O2S/c1-3-4-17-20-15-10-7-13(11-16(15)23-17)19-18(21)12-5-8-14(22-2)9-6-12/h5-11H,3-4H2,1-2H3,(H,19,21). The maximum Gasteiger partial charge on any atom is 0.255 e. The number of amides is 1. The van der Waals surface area contributed by atoms with Crippen molar-refractivity contribution in [2.75, 3.05) is 12.4 Å². The summed E-state index contributed by atoms with van der Waals surface area (Å²) in [5.74, 6) is 0.599. The number of rotatable bonds is 5. The van der Waals surface area contributed by atoms with E-state index in [0.717, 1.165) is 39.5 Å². The summed E-state index contributed by atoms with van der Waals surface area (Å²) in [5.41, 5.74) is 2.37. The van der Waals surface area contributed by atoms with Gasteiger partial charge in [-0.05, 0) is 55.3 Å². The first-order valence-corrected chi connectivity index (χ1v) is 8.36. The van der Waals surface area contributed by atoms with Crippen LogP contribution in [0.4, 0.5) is 5.69 Å². The van der Waals surface area contributed by atoms with Crippen LogP contribution in [0.5, 0.6) is 5.75 Å². The van der Waals surface area contributed by atoms with Gasteiger partial charge in [-0.3, -0.25) is 4.79 Å². The van der Waals surface area contributed by atoms with Gasteiger partial charge < -0.3 is 10.1 Å². The molecule has 0 aliphatic heterocycles. The lowest BCUT2D eigenvalue weighted by Crippen LogP contribution is -2.11. The van der Waals surface area contributed by atoms with Crippen molar-refractivity contribution in [1.82, 2.24) is 4.98 Å². The van der Waals surface area contributed by atoms with Crippen LogP contribution in [0.2, 0.25) is 0 Å². The molecule has 3 aromatic rings. The molecule has 118 valence electrons. The highest BCUT2D eigenvalue weighted by atomic mass is 32.1. The Balaban J connectivity index is 1.78. The number of carbonyl (C=O) groups excluding carboxylic acids is 1. The highest BCUT2D eigenvalue weighted by Gasteiger charge is 2.08. The summed E-state index contributed by atoms with van der Waals surface area (Å²) in [7, 11) is 1.60. The third-order valence-electron chi connectivity index (χ3n) is 3.51. The molecule has 1 N–H and O–H groups in total. The number of ether oxygens (including phenoxy) is 1. The number of hydrogen-bond acceptors (Lipinski definition) is 4. The minimum absolute atomic E-state index is 0.134. The maximum atomic E-state index is 12.3. The number of methoxy groups -OCH3 is 1. The molecule has 0 spiro atoms. The number of aromatic nitrogens is 1. The van der Waals surface area contributed by atoms with Gasteiger partial charge in [0, 0.05) is 11.3 Å². The third-order valence-corrected chi connectivity index (χ3v) is 4.58. The van der Waals surface area contributed by atoms with E-state index in [1.807, 2.05) is 18.2 Å². The molecule has 5 heteroatoms. The molecule has 23 heavy (non-hydrogen) atoms. The molecule has 0 aliphatic rings. The summed E-state index contributed by atoms with van der Waals surface area (Å²) in [6.45, 7) is 2.15. The van der Waals surface area contributed by atoms with Gasteiger partial charge in [-0.1, -0.05) is 6.92 Å². The predicted molar refractivity (Wildman–Crippen MR) is 94.6 cm³/mol. The summed E-state index contributed by atoms with van der Waals surface area (Å²) >= 11 is 1.68. The number of aryl methyl sites for hydroxylation is 1. The zero-order valence-corrected chi connectivity index (χ0v) is 13.9. The van der Waals surface area contributed by atoms with Crippen molar-refractivity contribution < 1.29 is 9.53 Å². The van der Waals surface area contributed by atoms with E-state index in [1.54, 1.807) is 42.7 Å². The fourth-order valence-corrected chi connectivity index (χ4v) is 3.42. The molecule has 0 fully saturated rings. The summed E-state index contributed by atoms with van der Waals surface area (Å²) in [6, 6.07) is 12.9. The van der Waals surface area contributed by atoms with Crippen LogP contribution in [-0.4, -0.2) is 18.0 Å². The fourth-order valence-electron chi connectivity index (χ4n) is 2.32. The number of thiazole rings is 1. The van der Waals surface area contributed by atoms with Gasteiger partial charge in [0.05, 0.1) is 22.3 Å². The molecule has 4 nitrogen and oxygen atoms in total. The normalized spacial score (nSPS) is 10.7. The van der Waals surface area contributed by atoms with E-state index in [0.29, 0.717) is 5.56 Å². The van der Waals surface area contributed by atoms with E-state index in [9.17, 15) is 4.79 Å². The summed E-state index contributed by atoms with van der Waals surface area (Å²) < 4.78 is 6.20. The number of nitrogens with one attached hydrogen (secondary N) is 1. The molecular weight excluding hydrogens is 308 g/mol. The largest absolute Gasteiger partial charge is 0.497 e. The van der Waals surface area contributed by atoms with Gasteiger partial charge in [0.1, 0.15) is 5.75 Å². The van der Waals surface area contributed by atoms with Gasteiger partial charge in [-0.25, -0.2) is 4.98 Å². The van der Waals surface area contributed by atoms with E-state index in [4.69, 9.17) is 4.74 Å². The molecule has 0 saturated heterocycles. The molecule has 0 bridgehead atoms. The fraction of sp³-hybridized carbons (Fsp3) is 0.222. The second-order valence-corrected chi connectivity index (χ2v) is 6.34. The van der Waals surface area contributed by atoms with E-state index < -0.39 is 0 Å². The minimum atomic E-state index is -0.134. The molecule has 3 rings (SSSR count). The molecule has 0 aliphatic carbocycles. The SMILES string of the molecule is CCCc1nc2ccc(NC(=O)c3ccc(OC)cc3)cc2s1. The first-order chi connectivity index (χ1) is 11.2. The van der Waals surface area contributed by atoms with Crippen molar-refractivity contribution in [2.24, 2.45) is 0 Å². The van der Waals surface area contributed by atoms with Crippen LogP contribution < -0.4 is 10.1 Å². The van der Waals surface area contributed by atoms with Crippen LogP contribution in [0.3, 0.4) is 0 Å². The Morgan fingerprint density at radius 3 is 2.70 bits per heavy atom. The average molecular weight is 326 g/mol.